The molecule has 2 amide bonds. The van der Waals surface area contributed by atoms with Crippen molar-refractivity contribution in [2.45, 2.75) is 6.92 Å². The molecule has 0 aliphatic carbocycles. The van der Waals surface area contributed by atoms with Gasteiger partial charge in [-0.15, -0.1) is 22.7 Å². The molecule has 2 heterocycles. The fourth-order valence-corrected chi connectivity index (χ4v) is 3.09. The molecular weight excluding hydrogens is 292 g/mol. The summed E-state index contributed by atoms with van der Waals surface area (Å²) in [6, 6.07) is 7.32. The number of hydrogen-bond acceptors (Lipinski definition) is 4. The van der Waals surface area contributed by atoms with Crippen molar-refractivity contribution in [3.63, 3.8) is 0 Å². The summed E-state index contributed by atoms with van der Waals surface area (Å²) in [6.45, 7) is 3.55. The van der Waals surface area contributed by atoms with Crippen molar-refractivity contribution < 1.29 is 9.59 Å². The summed E-state index contributed by atoms with van der Waals surface area (Å²) < 4.78 is 0. The minimum atomic E-state index is -0.0837. The minimum Gasteiger partial charge on any atom is -0.350 e. The van der Waals surface area contributed by atoms with E-state index in [9.17, 15) is 9.59 Å². The fourth-order valence-electron chi connectivity index (χ4n) is 1.76. The van der Waals surface area contributed by atoms with Gasteiger partial charge >= 0.3 is 0 Å². The molecule has 0 saturated heterocycles. The SMILES string of the molecule is CCN(CCNC(=O)c1cccs1)C(=O)c1cccs1. The number of amides is 2. The van der Waals surface area contributed by atoms with Crippen LogP contribution >= 0.6 is 22.7 Å². The van der Waals surface area contributed by atoms with E-state index in [1.165, 1.54) is 22.7 Å². The van der Waals surface area contributed by atoms with Crippen LogP contribution in [0.4, 0.5) is 0 Å². The van der Waals surface area contributed by atoms with E-state index in [-0.39, 0.29) is 11.8 Å². The van der Waals surface area contributed by atoms with E-state index in [1.54, 1.807) is 11.0 Å². The second kappa shape index (κ2) is 7.21. The highest BCUT2D eigenvalue weighted by atomic mass is 32.1. The van der Waals surface area contributed by atoms with Gasteiger partial charge in [-0.1, -0.05) is 12.1 Å². The summed E-state index contributed by atoms with van der Waals surface area (Å²) in [7, 11) is 0. The molecule has 1 N–H and O–H groups in total. The zero-order chi connectivity index (χ0) is 14.4. The Hall–Kier alpha value is -1.66. The van der Waals surface area contributed by atoms with E-state index in [0.717, 1.165) is 4.88 Å². The van der Waals surface area contributed by atoms with Crippen LogP contribution in [0.1, 0.15) is 26.3 Å². The first-order chi connectivity index (χ1) is 9.72. The van der Waals surface area contributed by atoms with Crippen molar-refractivity contribution in [2.75, 3.05) is 19.6 Å². The molecule has 106 valence electrons. The summed E-state index contributed by atoms with van der Waals surface area (Å²) >= 11 is 2.84. The van der Waals surface area contributed by atoms with Gasteiger partial charge in [-0.25, -0.2) is 0 Å². The second-order valence-corrected chi connectivity index (χ2v) is 5.99. The van der Waals surface area contributed by atoms with Crippen molar-refractivity contribution in [3.8, 4) is 0 Å². The number of rotatable bonds is 6. The van der Waals surface area contributed by atoms with Crippen molar-refractivity contribution >= 4 is 34.5 Å². The van der Waals surface area contributed by atoms with Crippen molar-refractivity contribution in [1.82, 2.24) is 10.2 Å². The van der Waals surface area contributed by atoms with Gasteiger partial charge in [-0.2, -0.15) is 0 Å². The van der Waals surface area contributed by atoms with Gasteiger partial charge in [0.05, 0.1) is 9.75 Å². The van der Waals surface area contributed by atoms with Crippen LogP contribution in [-0.2, 0) is 0 Å². The lowest BCUT2D eigenvalue weighted by molar-refractivity contribution is 0.0762. The van der Waals surface area contributed by atoms with E-state index in [1.807, 2.05) is 35.9 Å². The van der Waals surface area contributed by atoms with Crippen molar-refractivity contribution in [3.05, 3.63) is 44.8 Å². The highest BCUT2D eigenvalue weighted by molar-refractivity contribution is 7.12. The normalized spacial score (nSPS) is 10.2. The van der Waals surface area contributed by atoms with Crippen LogP contribution in [-0.4, -0.2) is 36.3 Å². The third-order valence-corrected chi connectivity index (χ3v) is 4.54. The first kappa shape index (κ1) is 14.7. The van der Waals surface area contributed by atoms with Gasteiger partial charge in [0.25, 0.3) is 11.8 Å². The van der Waals surface area contributed by atoms with E-state index in [0.29, 0.717) is 24.5 Å². The smallest absolute Gasteiger partial charge is 0.263 e. The van der Waals surface area contributed by atoms with Gasteiger partial charge in [0, 0.05) is 19.6 Å². The molecule has 0 aromatic carbocycles. The van der Waals surface area contributed by atoms with Gasteiger partial charge < -0.3 is 10.2 Å². The topological polar surface area (TPSA) is 49.4 Å². The largest absolute Gasteiger partial charge is 0.350 e. The molecule has 2 rings (SSSR count). The van der Waals surface area contributed by atoms with Gasteiger partial charge in [0.15, 0.2) is 0 Å². The molecule has 0 aliphatic rings. The molecule has 4 nitrogen and oxygen atoms in total. The number of carbonyl (C=O) groups is 2. The molecule has 0 saturated carbocycles. The first-order valence-electron chi connectivity index (χ1n) is 6.37. The molecule has 20 heavy (non-hydrogen) atoms. The van der Waals surface area contributed by atoms with Gasteiger partial charge in [-0.05, 0) is 29.8 Å². The number of likely N-dealkylation sites (N-methyl/N-ethyl adjacent to an activating group) is 1. The molecule has 0 atom stereocenters. The molecular formula is C14H16N2O2S2. The number of nitrogens with one attached hydrogen (secondary N) is 1. The lowest BCUT2D eigenvalue weighted by atomic mass is 10.3. The molecule has 2 aromatic rings. The molecule has 2 aromatic heterocycles. The Morgan fingerprint density at radius 2 is 1.80 bits per heavy atom. The van der Waals surface area contributed by atoms with Crippen LogP contribution in [0.25, 0.3) is 0 Å². The van der Waals surface area contributed by atoms with Crippen molar-refractivity contribution in [2.24, 2.45) is 0 Å². The summed E-state index contributed by atoms with van der Waals surface area (Å²) in [6.07, 6.45) is 0. The summed E-state index contributed by atoms with van der Waals surface area (Å²) in [4.78, 5) is 27.1. The van der Waals surface area contributed by atoms with E-state index in [2.05, 4.69) is 5.32 Å². The Kier molecular flexibility index (Phi) is 5.31. The molecule has 0 spiro atoms. The molecule has 0 aliphatic heterocycles. The standard InChI is InChI=1S/C14H16N2O2S2/c1-2-16(14(18)12-6-4-10-20-12)8-7-15-13(17)11-5-3-9-19-11/h3-6,9-10H,2,7-8H2,1H3,(H,15,17). The van der Waals surface area contributed by atoms with E-state index < -0.39 is 0 Å². The lowest BCUT2D eigenvalue weighted by Crippen LogP contribution is -2.38. The van der Waals surface area contributed by atoms with Gasteiger partial charge in [-0.3, -0.25) is 9.59 Å². The van der Waals surface area contributed by atoms with Crippen LogP contribution in [0, 0.1) is 0 Å². The Labute approximate surface area is 126 Å². The number of hydrogen-bond donors (Lipinski definition) is 1. The van der Waals surface area contributed by atoms with Crippen LogP contribution in [0.3, 0.4) is 0 Å². The van der Waals surface area contributed by atoms with Gasteiger partial charge in [0.2, 0.25) is 0 Å². The number of carbonyl (C=O) groups excluding carboxylic acids is 2. The number of thiophene rings is 2. The maximum atomic E-state index is 12.2. The first-order valence-corrected chi connectivity index (χ1v) is 8.12. The average molecular weight is 308 g/mol. The maximum Gasteiger partial charge on any atom is 0.263 e. The Morgan fingerprint density at radius 1 is 1.15 bits per heavy atom. The zero-order valence-electron chi connectivity index (χ0n) is 11.2. The third kappa shape index (κ3) is 3.68. The second-order valence-electron chi connectivity index (χ2n) is 4.10. The van der Waals surface area contributed by atoms with Crippen LogP contribution < -0.4 is 5.32 Å². The predicted octanol–water partition coefficient (Wildman–Crippen LogP) is 2.70. The quantitative estimate of drug-likeness (QED) is 0.892. The molecule has 0 fully saturated rings. The van der Waals surface area contributed by atoms with E-state index >= 15 is 0 Å². The van der Waals surface area contributed by atoms with Crippen LogP contribution in [0.2, 0.25) is 0 Å². The minimum absolute atomic E-state index is 0.0212. The fraction of sp³-hybridized carbons (Fsp3) is 0.286. The highest BCUT2D eigenvalue weighted by Crippen LogP contribution is 2.11. The Balaban J connectivity index is 1.82. The average Bonchev–Trinajstić information content (AvgIpc) is 3.15. The molecule has 0 radical (unpaired) electrons. The molecule has 0 unspecified atom stereocenters. The summed E-state index contributed by atoms with van der Waals surface area (Å²) in [5.74, 6) is -0.0625. The summed E-state index contributed by atoms with van der Waals surface area (Å²) in [5, 5.41) is 6.59. The number of nitrogens with zero attached hydrogens (tertiary/aromatic N) is 1. The zero-order valence-corrected chi connectivity index (χ0v) is 12.8. The van der Waals surface area contributed by atoms with E-state index in [4.69, 9.17) is 0 Å². The maximum absolute atomic E-state index is 12.2. The summed E-state index contributed by atoms with van der Waals surface area (Å²) in [5.41, 5.74) is 0. The van der Waals surface area contributed by atoms with Crippen molar-refractivity contribution in [1.29, 1.82) is 0 Å². The molecule has 6 heteroatoms. The monoisotopic (exact) mass is 308 g/mol. The lowest BCUT2D eigenvalue weighted by Gasteiger charge is -2.20. The third-order valence-electron chi connectivity index (χ3n) is 2.81. The highest BCUT2D eigenvalue weighted by Gasteiger charge is 2.15. The Bertz CT molecular complexity index is 550. The molecule has 0 bridgehead atoms. The van der Waals surface area contributed by atoms with Crippen LogP contribution in [0.5, 0.6) is 0 Å². The predicted molar refractivity (Wildman–Crippen MR) is 82.5 cm³/mol. The Morgan fingerprint density at radius 3 is 2.35 bits per heavy atom. The van der Waals surface area contributed by atoms with Gasteiger partial charge in [0.1, 0.15) is 0 Å². The van der Waals surface area contributed by atoms with Crippen LogP contribution in [0.15, 0.2) is 35.0 Å².